The summed E-state index contributed by atoms with van der Waals surface area (Å²) in [4.78, 5) is 159. The average molecular weight is 1650 g/mol. The van der Waals surface area contributed by atoms with E-state index >= 15 is 0 Å². The van der Waals surface area contributed by atoms with Gasteiger partial charge in [0.1, 0.15) is 30.2 Å². The first kappa shape index (κ1) is 87.6. The van der Waals surface area contributed by atoms with E-state index in [2.05, 4.69) is 21.3 Å². The maximum Gasteiger partial charge on any atom is 0.524 e. The molecule has 0 saturated heterocycles. The van der Waals surface area contributed by atoms with Gasteiger partial charge in [0.25, 0.3) is 23.6 Å². The molecule has 4 unspecified atom stereocenters. The number of fused-ring (bicyclic) bond motifs is 6. The Bertz CT molecular complexity index is 4400. The molecule has 11 amide bonds. The van der Waals surface area contributed by atoms with Crippen molar-refractivity contribution in [1.82, 2.24) is 30.7 Å². The summed E-state index contributed by atoms with van der Waals surface area (Å²) in [5, 5.41) is 13.1. The van der Waals surface area contributed by atoms with Crippen molar-refractivity contribution in [3.63, 3.8) is 0 Å². The van der Waals surface area contributed by atoms with E-state index in [9.17, 15) is 62.3 Å². The third kappa shape index (κ3) is 24.6. The number of thiophene rings is 1. The molecule has 36 heteroatoms. The summed E-state index contributed by atoms with van der Waals surface area (Å²) in [6.45, 7) is 11.4. The van der Waals surface area contributed by atoms with Crippen molar-refractivity contribution in [3.05, 3.63) is 136 Å². The van der Waals surface area contributed by atoms with Gasteiger partial charge >= 0.3 is 26.0 Å². The molecule has 113 heavy (non-hydrogen) atoms. The Balaban J connectivity index is 0.705. The molecule has 610 valence electrons. The lowest BCUT2D eigenvalue weighted by atomic mass is 9.95. The van der Waals surface area contributed by atoms with Crippen LogP contribution in [0.5, 0.6) is 11.5 Å². The van der Waals surface area contributed by atoms with Gasteiger partial charge in [-0.3, -0.25) is 48.2 Å². The minimum atomic E-state index is -5.02. The molecule has 0 bridgehead atoms. The molecular weight excluding hydrogens is 1550 g/mol. The van der Waals surface area contributed by atoms with Gasteiger partial charge in [-0.15, -0.1) is 34.5 Å². The molecule has 0 fully saturated rings. The summed E-state index contributed by atoms with van der Waals surface area (Å²) in [5.41, 5.74) is 8.50. The van der Waals surface area contributed by atoms with Crippen LogP contribution in [0.3, 0.4) is 0 Å². The van der Waals surface area contributed by atoms with Crippen LogP contribution < -0.4 is 46.1 Å². The number of urea groups is 1. The summed E-state index contributed by atoms with van der Waals surface area (Å²) in [5.74, 6) is -3.98. The number of benzene rings is 5. The fraction of sp³-hybridized carbons (Fsp3) is 0.455. The maximum atomic E-state index is 14.8. The van der Waals surface area contributed by atoms with Gasteiger partial charge in [0.2, 0.25) is 17.7 Å². The van der Waals surface area contributed by atoms with Crippen LogP contribution in [0.2, 0.25) is 0 Å². The molecule has 6 aromatic rings. The van der Waals surface area contributed by atoms with E-state index in [1.54, 1.807) is 111 Å². The molecule has 4 heterocycles. The van der Waals surface area contributed by atoms with E-state index in [1.807, 2.05) is 12.1 Å². The molecule has 5 aromatic carbocycles. The number of primary amides is 1. The highest BCUT2D eigenvalue weighted by atomic mass is 35.5. The molecule has 0 radical (unpaired) electrons. The second-order valence-electron chi connectivity index (χ2n) is 26.6. The SMILES string of the molecule is CCN(CCN(CC)C(=O)Oc1cc2c(c3ccccc13)C(CCl)CN2C(=O)c1ccc(C(=O)N2CC(CCl)c3c2cc(OP(=O)(O)O)c2ccccc32)s1)C(=O)OCc1ccc(NC(=O)C(CCCNC(N)=O)NC(=O)C(NC(=O)CCOCCOCCOCCOCCOCCOCCN2C(=O)C=CC2=O)C(C)C)cc1. The first-order valence-electron chi connectivity index (χ1n) is 37.0. The Labute approximate surface area is 667 Å². The van der Waals surface area contributed by atoms with Crippen molar-refractivity contribution in [3.8, 4) is 11.5 Å². The van der Waals surface area contributed by atoms with E-state index in [1.165, 1.54) is 32.9 Å². The van der Waals surface area contributed by atoms with Gasteiger partial charge in [-0.05, 0) is 84.3 Å². The van der Waals surface area contributed by atoms with Crippen LogP contribution in [-0.4, -0.2) is 240 Å². The Morgan fingerprint density at radius 1 is 0.619 bits per heavy atom. The van der Waals surface area contributed by atoms with Crippen molar-refractivity contribution in [2.24, 2.45) is 11.7 Å². The van der Waals surface area contributed by atoms with Crippen molar-refractivity contribution in [2.45, 2.75) is 77.5 Å². The van der Waals surface area contributed by atoms with E-state index in [0.29, 0.717) is 97.0 Å². The highest BCUT2D eigenvalue weighted by Crippen LogP contribution is 2.50. The van der Waals surface area contributed by atoms with E-state index in [0.717, 1.165) is 27.4 Å². The number of hydrogen-bond donors (Lipinski definition) is 7. The van der Waals surface area contributed by atoms with Gasteiger partial charge in [0, 0.05) is 117 Å². The Hall–Kier alpha value is -9.35. The lowest BCUT2D eigenvalue weighted by Gasteiger charge is -2.26. The van der Waals surface area contributed by atoms with Gasteiger partial charge in [-0.25, -0.2) is 18.9 Å². The van der Waals surface area contributed by atoms with Gasteiger partial charge in [-0.2, -0.15) is 0 Å². The van der Waals surface area contributed by atoms with Crippen molar-refractivity contribution >= 4 is 141 Å². The highest BCUT2D eigenvalue weighted by Gasteiger charge is 2.40. The molecule has 9 rings (SSSR count). The smallest absolute Gasteiger partial charge is 0.445 e. The Morgan fingerprint density at radius 2 is 1.10 bits per heavy atom. The number of likely N-dealkylation sites (N-methyl/N-ethyl adjacent to an activating group) is 2. The Morgan fingerprint density at radius 3 is 1.58 bits per heavy atom. The number of nitrogens with one attached hydrogen (secondary N) is 4. The predicted octanol–water partition coefficient (Wildman–Crippen LogP) is 8.40. The molecular formula is C77H95Cl2N10O22PS. The number of rotatable bonds is 45. The zero-order chi connectivity index (χ0) is 81.1. The largest absolute Gasteiger partial charge is 0.524 e. The number of amides is 11. The number of nitrogens with two attached hydrogens (primary N) is 1. The van der Waals surface area contributed by atoms with E-state index in [4.69, 9.17) is 71.4 Å². The monoisotopic (exact) mass is 1640 g/mol. The number of halogens is 2. The van der Waals surface area contributed by atoms with Crippen molar-refractivity contribution in [2.75, 3.05) is 159 Å². The predicted molar refractivity (Wildman–Crippen MR) is 422 cm³/mol. The zero-order valence-electron chi connectivity index (χ0n) is 63.1. The number of carbonyl (C=O) groups excluding carboxylic acids is 10. The van der Waals surface area contributed by atoms with Gasteiger partial charge in [-0.1, -0.05) is 74.5 Å². The number of ether oxygens (including phenoxy) is 8. The van der Waals surface area contributed by atoms with Crippen LogP contribution in [0.1, 0.15) is 94.8 Å². The Kier molecular flexibility index (Phi) is 33.5. The fourth-order valence-corrected chi connectivity index (χ4v) is 14.7. The zero-order valence-corrected chi connectivity index (χ0v) is 66.4. The topological polar surface area (TPSA) is 402 Å². The number of phosphoric ester groups is 1. The minimum Gasteiger partial charge on any atom is -0.445 e. The molecule has 8 N–H and O–H groups in total. The van der Waals surface area contributed by atoms with Gasteiger partial charge < -0.3 is 89.0 Å². The molecule has 0 aliphatic carbocycles. The van der Waals surface area contributed by atoms with Crippen LogP contribution in [0.25, 0.3) is 21.5 Å². The molecule has 3 aliphatic rings. The van der Waals surface area contributed by atoms with Crippen LogP contribution in [0.4, 0.5) is 31.4 Å². The number of imide groups is 1. The molecule has 3 aliphatic heterocycles. The summed E-state index contributed by atoms with van der Waals surface area (Å²) in [7, 11) is -5.02. The number of alkyl halides is 2. The second kappa shape index (κ2) is 43.2. The standard InChI is InChI=1S/C77H95Cl2N10O22PS/c1-5-85(27-28-86(6-2)77(99)110-61-42-59-68(56-14-9-7-12-54(56)61)51(44-78)46-88(59)73(95)63-21-22-64(113-63)74(96)89-47-52(45-79)69-57-15-10-8-13-55(57)62(43-60(69)89)111-112(100,101)102)76(98)109-48-50-17-19-53(20-18-50)82-71(93)58(16-11-26-81-75(80)97)83-72(94)70(49(3)4)84-65(90)25-30-103-32-34-105-36-38-107-40-41-108-39-37-106-35-33-104-31-29-87-66(91)23-24-67(87)92/h7-10,12-15,17-24,42-43,49,51-52,58,70H,5-6,11,16,25-41,44-48H2,1-4H3,(H,82,93)(H,83,94)(H,84,90)(H3,80,81,97)(H2,100,101,102). The van der Waals surface area contributed by atoms with E-state index < -0.39 is 73.6 Å². The van der Waals surface area contributed by atoms with Crippen molar-refractivity contribution in [1.29, 1.82) is 0 Å². The van der Waals surface area contributed by atoms with Crippen LogP contribution in [-0.2, 0) is 68.3 Å². The lowest BCUT2D eigenvalue weighted by molar-refractivity contribution is -0.137. The summed E-state index contributed by atoms with van der Waals surface area (Å²) >= 11 is 14.1. The number of phosphoric acid groups is 1. The minimum absolute atomic E-state index is 0.0437. The maximum absolute atomic E-state index is 14.8. The average Bonchev–Trinajstić information content (AvgIpc) is 1.61. The quantitative estimate of drug-likeness (QED) is 0.00816. The number of hydrogen-bond acceptors (Lipinski definition) is 21. The van der Waals surface area contributed by atoms with Gasteiger partial charge in [0.05, 0.1) is 107 Å². The third-order valence-electron chi connectivity index (χ3n) is 18.6. The first-order chi connectivity index (χ1) is 54.4. The van der Waals surface area contributed by atoms with Crippen LogP contribution in [0.15, 0.2) is 109 Å². The molecule has 4 atom stereocenters. The normalized spacial score (nSPS) is 15.0. The first-order valence-corrected chi connectivity index (χ1v) is 40.5. The molecule has 32 nitrogen and oxygen atoms in total. The van der Waals surface area contributed by atoms with Crippen molar-refractivity contribution < 1.29 is 105 Å². The molecule has 0 saturated carbocycles. The molecule has 1 aromatic heterocycles. The fourth-order valence-electron chi connectivity index (χ4n) is 12.9. The van der Waals surface area contributed by atoms with Crippen LogP contribution >= 0.6 is 42.4 Å². The number of carbonyl (C=O) groups is 10. The van der Waals surface area contributed by atoms with E-state index in [-0.39, 0.29) is 161 Å². The summed E-state index contributed by atoms with van der Waals surface area (Å²) in [6, 6.07) is 24.0. The van der Waals surface area contributed by atoms with Crippen LogP contribution in [0, 0.1) is 5.92 Å². The third-order valence-corrected chi connectivity index (χ3v) is 20.9. The summed E-state index contributed by atoms with van der Waals surface area (Å²) < 4.78 is 62.1. The number of anilines is 3. The lowest BCUT2D eigenvalue weighted by Crippen LogP contribution is -2.54. The summed E-state index contributed by atoms with van der Waals surface area (Å²) in [6.07, 6.45) is 1.33. The van der Waals surface area contributed by atoms with Gasteiger partial charge in [0.15, 0.2) is 0 Å². The second-order valence-corrected chi connectivity index (χ2v) is 29.5. The molecule has 0 spiro atoms. The highest BCUT2D eigenvalue weighted by molar-refractivity contribution is 7.46. The number of nitrogens with zero attached hydrogens (tertiary/aromatic N) is 5.